The highest BCUT2D eigenvalue weighted by molar-refractivity contribution is 5.99. The molecule has 0 spiro atoms. The predicted octanol–water partition coefficient (Wildman–Crippen LogP) is 1.66. The zero-order valence-corrected chi connectivity index (χ0v) is 15.9. The molecule has 146 valence electrons. The van der Waals surface area contributed by atoms with Gasteiger partial charge in [-0.1, -0.05) is 12.1 Å². The van der Waals surface area contributed by atoms with Crippen LogP contribution in [0.5, 0.6) is 5.75 Å². The molecule has 1 fully saturated rings. The first kappa shape index (κ1) is 17.2. The van der Waals surface area contributed by atoms with Crippen molar-refractivity contribution in [1.82, 2.24) is 14.9 Å². The Morgan fingerprint density at radius 1 is 1.21 bits per heavy atom. The lowest BCUT2D eigenvalue weighted by Crippen LogP contribution is -2.47. The van der Waals surface area contributed by atoms with Crippen molar-refractivity contribution in [2.75, 3.05) is 54.9 Å². The van der Waals surface area contributed by atoms with Gasteiger partial charge in [0.15, 0.2) is 5.82 Å². The summed E-state index contributed by atoms with van der Waals surface area (Å²) in [5.41, 5.74) is 3.26. The molecule has 1 aromatic carbocycles. The van der Waals surface area contributed by atoms with Crippen molar-refractivity contribution in [3.8, 4) is 5.75 Å². The SMILES string of the molecule is CC(c1ccc2c(c1)OCC2)N1CCN(c2ncc3c(n2)NCC(=O)N3)CC1. The van der Waals surface area contributed by atoms with Crippen LogP contribution < -0.4 is 20.3 Å². The second kappa shape index (κ2) is 6.94. The van der Waals surface area contributed by atoms with E-state index in [0.29, 0.717) is 23.5 Å². The summed E-state index contributed by atoms with van der Waals surface area (Å²) < 4.78 is 5.73. The Hall–Kier alpha value is -2.87. The monoisotopic (exact) mass is 380 g/mol. The predicted molar refractivity (Wildman–Crippen MR) is 107 cm³/mol. The van der Waals surface area contributed by atoms with E-state index >= 15 is 0 Å². The Bertz CT molecular complexity index is 910. The van der Waals surface area contributed by atoms with Gasteiger partial charge in [0, 0.05) is 38.6 Å². The molecule has 1 unspecified atom stereocenters. The average Bonchev–Trinajstić information content (AvgIpc) is 3.21. The molecule has 1 amide bonds. The minimum atomic E-state index is -0.0663. The van der Waals surface area contributed by atoms with Crippen LogP contribution in [0.2, 0.25) is 0 Å². The van der Waals surface area contributed by atoms with Crippen molar-refractivity contribution in [2.45, 2.75) is 19.4 Å². The van der Waals surface area contributed by atoms with Crippen molar-refractivity contribution in [2.24, 2.45) is 0 Å². The van der Waals surface area contributed by atoms with Gasteiger partial charge in [0.05, 0.1) is 19.3 Å². The van der Waals surface area contributed by atoms with Gasteiger partial charge in [-0.05, 0) is 24.1 Å². The Morgan fingerprint density at radius 3 is 2.93 bits per heavy atom. The highest BCUT2D eigenvalue weighted by Crippen LogP contribution is 2.31. The highest BCUT2D eigenvalue weighted by atomic mass is 16.5. The topological polar surface area (TPSA) is 82.6 Å². The lowest BCUT2D eigenvalue weighted by atomic mass is 10.0. The number of nitrogens with one attached hydrogen (secondary N) is 2. The third-order valence-corrected chi connectivity index (χ3v) is 5.81. The van der Waals surface area contributed by atoms with Gasteiger partial charge in [-0.2, -0.15) is 4.98 Å². The molecular formula is C20H24N6O2. The lowest BCUT2D eigenvalue weighted by molar-refractivity contribution is -0.114. The number of amides is 1. The Kier molecular flexibility index (Phi) is 4.27. The molecule has 0 saturated carbocycles. The number of piperazine rings is 1. The summed E-state index contributed by atoms with van der Waals surface area (Å²) in [5, 5.41) is 5.83. The maximum Gasteiger partial charge on any atom is 0.243 e. The summed E-state index contributed by atoms with van der Waals surface area (Å²) in [6.45, 7) is 6.94. The molecule has 2 N–H and O–H groups in total. The fourth-order valence-electron chi connectivity index (χ4n) is 4.07. The largest absolute Gasteiger partial charge is 0.493 e. The van der Waals surface area contributed by atoms with Crippen LogP contribution in [0.1, 0.15) is 24.1 Å². The third kappa shape index (κ3) is 3.13. The highest BCUT2D eigenvalue weighted by Gasteiger charge is 2.26. The summed E-state index contributed by atoms with van der Waals surface area (Å²) in [5.74, 6) is 2.38. The molecule has 1 saturated heterocycles. The van der Waals surface area contributed by atoms with E-state index in [1.165, 1.54) is 11.1 Å². The molecule has 3 aliphatic rings. The van der Waals surface area contributed by atoms with Crippen molar-refractivity contribution < 1.29 is 9.53 Å². The Labute approximate surface area is 163 Å². The van der Waals surface area contributed by atoms with Gasteiger partial charge in [0.2, 0.25) is 11.9 Å². The summed E-state index contributed by atoms with van der Waals surface area (Å²) in [4.78, 5) is 25.2. The first-order valence-corrected chi connectivity index (χ1v) is 9.83. The van der Waals surface area contributed by atoms with Crippen molar-refractivity contribution in [3.63, 3.8) is 0 Å². The van der Waals surface area contributed by atoms with E-state index in [0.717, 1.165) is 45.0 Å². The second-order valence-electron chi connectivity index (χ2n) is 7.50. The fraction of sp³-hybridized carbons (Fsp3) is 0.450. The maximum atomic E-state index is 11.4. The number of anilines is 3. The summed E-state index contributed by atoms with van der Waals surface area (Å²) in [7, 11) is 0. The smallest absolute Gasteiger partial charge is 0.243 e. The minimum Gasteiger partial charge on any atom is -0.493 e. The van der Waals surface area contributed by atoms with Crippen LogP contribution in [0, 0.1) is 0 Å². The number of rotatable bonds is 3. The normalized spacial score (nSPS) is 19.9. The third-order valence-electron chi connectivity index (χ3n) is 5.81. The number of carbonyl (C=O) groups is 1. The van der Waals surface area contributed by atoms with E-state index in [9.17, 15) is 4.79 Å². The molecule has 8 nitrogen and oxygen atoms in total. The number of hydrogen-bond donors (Lipinski definition) is 2. The van der Waals surface area contributed by atoms with Crippen LogP contribution in [0.15, 0.2) is 24.4 Å². The van der Waals surface area contributed by atoms with Crippen molar-refractivity contribution in [3.05, 3.63) is 35.5 Å². The zero-order valence-electron chi connectivity index (χ0n) is 15.9. The Morgan fingerprint density at radius 2 is 2.07 bits per heavy atom. The molecule has 28 heavy (non-hydrogen) atoms. The molecular weight excluding hydrogens is 356 g/mol. The number of benzene rings is 1. The summed E-state index contributed by atoms with van der Waals surface area (Å²) in [6.07, 6.45) is 2.70. The van der Waals surface area contributed by atoms with E-state index in [1.807, 2.05) is 0 Å². The summed E-state index contributed by atoms with van der Waals surface area (Å²) in [6, 6.07) is 6.98. The lowest BCUT2D eigenvalue weighted by Gasteiger charge is -2.38. The zero-order chi connectivity index (χ0) is 19.1. The standard InChI is InChI=1S/C20H24N6O2/c1-13(15-3-2-14-4-9-28-17(14)10-15)25-5-7-26(8-6-25)20-22-11-16-19(24-20)21-12-18(27)23-16/h2-3,10-11,13H,4-9,12H2,1H3,(H,23,27)(H,21,22,24). The van der Waals surface area contributed by atoms with E-state index in [2.05, 4.69) is 55.5 Å². The van der Waals surface area contributed by atoms with Gasteiger partial charge in [-0.3, -0.25) is 9.69 Å². The average molecular weight is 380 g/mol. The van der Waals surface area contributed by atoms with Crippen LogP contribution in [0.4, 0.5) is 17.5 Å². The molecule has 0 aliphatic carbocycles. The number of nitrogens with zero attached hydrogens (tertiary/aromatic N) is 4. The first-order valence-electron chi connectivity index (χ1n) is 9.83. The molecule has 4 heterocycles. The van der Waals surface area contributed by atoms with Crippen LogP contribution in [-0.4, -0.2) is 60.1 Å². The van der Waals surface area contributed by atoms with E-state index < -0.39 is 0 Å². The number of carbonyl (C=O) groups excluding carboxylic acids is 1. The maximum absolute atomic E-state index is 11.4. The molecule has 8 heteroatoms. The fourth-order valence-corrected chi connectivity index (χ4v) is 4.07. The van der Waals surface area contributed by atoms with Gasteiger partial charge in [-0.15, -0.1) is 0 Å². The number of aromatic nitrogens is 2. The van der Waals surface area contributed by atoms with Gasteiger partial charge < -0.3 is 20.3 Å². The van der Waals surface area contributed by atoms with Gasteiger partial charge in [0.1, 0.15) is 11.4 Å². The van der Waals surface area contributed by atoms with Crippen LogP contribution in [0.3, 0.4) is 0 Å². The molecule has 5 rings (SSSR count). The van der Waals surface area contributed by atoms with Crippen molar-refractivity contribution >= 4 is 23.4 Å². The van der Waals surface area contributed by atoms with Crippen LogP contribution >= 0.6 is 0 Å². The number of ether oxygens (including phenoxy) is 1. The molecule has 2 aromatic rings. The first-order chi connectivity index (χ1) is 13.7. The number of fused-ring (bicyclic) bond motifs is 2. The van der Waals surface area contributed by atoms with Crippen LogP contribution in [0.25, 0.3) is 0 Å². The molecule has 1 atom stereocenters. The quantitative estimate of drug-likeness (QED) is 0.838. The second-order valence-corrected chi connectivity index (χ2v) is 7.50. The molecule has 3 aliphatic heterocycles. The molecule has 0 radical (unpaired) electrons. The van der Waals surface area contributed by atoms with E-state index in [1.54, 1.807) is 6.20 Å². The summed E-state index contributed by atoms with van der Waals surface area (Å²) >= 11 is 0. The molecule has 1 aromatic heterocycles. The van der Waals surface area contributed by atoms with E-state index in [4.69, 9.17) is 4.74 Å². The minimum absolute atomic E-state index is 0.0663. The van der Waals surface area contributed by atoms with Gasteiger partial charge >= 0.3 is 0 Å². The van der Waals surface area contributed by atoms with Gasteiger partial charge in [0.25, 0.3) is 0 Å². The number of hydrogen-bond acceptors (Lipinski definition) is 7. The van der Waals surface area contributed by atoms with Crippen LogP contribution in [-0.2, 0) is 11.2 Å². The van der Waals surface area contributed by atoms with E-state index in [-0.39, 0.29) is 12.5 Å². The molecule has 0 bridgehead atoms. The van der Waals surface area contributed by atoms with Gasteiger partial charge in [-0.25, -0.2) is 4.98 Å². The Balaban J connectivity index is 1.24. The van der Waals surface area contributed by atoms with Crippen molar-refractivity contribution in [1.29, 1.82) is 0 Å².